The molecule has 0 saturated carbocycles. The van der Waals surface area contributed by atoms with Crippen molar-refractivity contribution in [3.63, 3.8) is 0 Å². The van der Waals surface area contributed by atoms with Crippen LogP contribution in [0.3, 0.4) is 0 Å². The highest BCUT2D eigenvalue weighted by Crippen LogP contribution is 2.34. The standard InChI is InChI=1S/C8H16O5/c1-3-8(12-2)7(11)6(10)5(4-9)13-8/h5-7,9-11H,3-4H2,1-2H3/t5-,6?,7?,8-/m1/s1. The molecule has 1 heterocycles. The number of methoxy groups -OCH3 is 1. The van der Waals surface area contributed by atoms with Gasteiger partial charge < -0.3 is 24.8 Å². The van der Waals surface area contributed by atoms with E-state index < -0.39 is 24.1 Å². The molecule has 0 aliphatic carbocycles. The Bertz CT molecular complexity index is 168. The first-order chi connectivity index (χ1) is 6.11. The van der Waals surface area contributed by atoms with E-state index in [1.165, 1.54) is 7.11 Å². The van der Waals surface area contributed by atoms with Gasteiger partial charge in [0.05, 0.1) is 6.61 Å². The number of aliphatic hydroxyl groups is 3. The molecule has 4 atom stereocenters. The quantitative estimate of drug-likeness (QED) is 0.526. The first-order valence-corrected chi connectivity index (χ1v) is 4.31. The second-order valence-electron chi connectivity index (χ2n) is 3.14. The summed E-state index contributed by atoms with van der Waals surface area (Å²) in [6.07, 6.45) is -2.56. The minimum absolute atomic E-state index is 0.330. The predicted molar refractivity (Wildman–Crippen MR) is 44.0 cm³/mol. The first kappa shape index (κ1) is 10.9. The molecule has 0 aromatic heterocycles. The smallest absolute Gasteiger partial charge is 0.197 e. The fourth-order valence-electron chi connectivity index (χ4n) is 1.61. The fraction of sp³-hybridized carbons (Fsp3) is 1.00. The molecule has 0 aromatic carbocycles. The molecule has 0 bridgehead atoms. The normalized spacial score (nSPS) is 45.5. The van der Waals surface area contributed by atoms with Crippen LogP contribution < -0.4 is 0 Å². The molecule has 1 saturated heterocycles. The van der Waals surface area contributed by atoms with E-state index >= 15 is 0 Å². The summed E-state index contributed by atoms with van der Waals surface area (Å²) in [5.41, 5.74) is 0. The third-order valence-electron chi connectivity index (χ3n) is 2.52. The van der Waals surface area contributed by atoms with Crippen molar-refractivity contribution in [1.82, 2.24) is 0 Å². The zero-order valence-electron chi connectivity index (χ0n) is 7.80. The fourth-order valence-corrected chi connectivity index (χ4v) is 1.61. The van der Waals surface area contributed by atoms with Crippen LogP contribution >= 0.6 is 0 Å². The van der Waals surface area contributed by atoms with Crippen LogP contribution in [0.25, 0.3) is 0 Å². The highest BCUT2D eigenvalue weighted by atomic mass is 16.7. The molecule has 13 heavy (non-hydrogen) atoms. The zero-order valence-corrected chi connectivity index (χ0v) is 7.80. The van der Waals surface area contributed by atoms with Gasteiger partial charge in [-0.05, 0) is 0 Å². The minimum Gasteiger partial charge on any atom is -0.394 e. The maximum atomic E-state index is 9.60. The Balaban J connectivity index is 2.79. The SMILES string of the molecule is CC[C@@]1(OC)O[C@H](CO)C(O)C1O. The summed E-state index contributed by atoms with van der Waals surface area (Å²) in [6.45, 7) is 1.45. The van der Waals surface area contributed by atoms with E-state index in [2.05, 4.69) is 0 Å². The Kier molecular flexibility index (Phi) is 3.26. The topological polar surface area (TPSA) is 79.2 Å². The summed E-state index contributed by atoms with van der Waals surface area (Å²) in [5.74, 6) is -1.17. The Hall–Kier alpha value is -0.200. The van der Waals surface area contributed by atoms with Gasteiger partial charge in [0.25, 0.3) is 0 Å². The summed E-state index contributed by atoms with van der Waals surface area (Å²) in [6, 6.07) is 0. The van der Waals surface area contributed by atoms with Crippen molar-refractivity contribution in [2.75, 3.05) is 13.7 Å². The molecule has 0 radical (unpaired) electrons. The molecule has 1 rings (SSSR count). The molecule has 3 N–H and O–H groups in total. The van der Waals surface area contributed by atoms with E-state index in [0.29, 0.717) is 6.42 Å². The third-order valence-corrected chi connectivity index (χ3v) is 2.52. The lowest BCUT2D eigenvalue weighted by Crippen LogP contribution is -2.44. The third kappa shape index (κ3) is 1.58. The number of rotatable bonds is 3. The largest absolute Gasteiger partial charge is 0.394 e. The molecule has 1 aliphatic heterocycles. The van der Waals surface area contributed by atoms with E-state index in [0.717, 1.165) is 0 Å². The Morgan fingerprint density at radius 2 is 2.08 bits per heavy atom. The van der Waals surface area contributed by atoms with E-state index in [1.54, 1.807) is 6.92 Å². The van der Waals surface area contributed by atoms with Gasteiger partial charge in [-0.1, -0.05) is 6.92 Å². The average molecular weight is 192 g/mol. The van der Waals surface area contributed by atoms with Crippen LogP contribution in [0.5, 0.6) is 0 Å². The molecule has 5 nitrogen and oxygen atoms in total. The molecule has 1 fully saturated rings. The summed E-state index contributed by atoms with van der Waals surface area (Å²) in [4.78, 5) is 0. The lowest BCUT2D eigenvalue weighted by atomic mass is 10.0. The van der Waals surface area contributed by atoms with Crippen LogP contribution in [-0.2, 0) is 9.47 Å². The molecule has 0 aromatic rings. The number of aliphatic hydroxyl groups excluding tert-OH is 3. The van der Waals surface area contributed by atoms with Crippen molar-refractivity contribution < 1.29 is 24.8 Å². The number of hydrogen-bond acceptors (Lipinski definition) is 5. The van der Waals surface area contributed by atoms with Crippen molar-refractivity contribution in [3.8, 4) is 0 Å². The van der Waals surface area contributed by atoms with E-state index in [1.807, 2.05) is 0 Å². The lowest BCUT2D eigenvalue weighted by Gasteiger charge is -2.28. The van der Waals surface area contributed by atoms with Gasteiger partial charge in [0.2, 0.25) is 0 Å². The number of hydrogen-bond donors (Lipinski definition) is 3. The highest BCUT2D eigenvalue weighted by Gasteiger charge is 2.53. The summed E-state index contributed by atoms with van der Waals surface area (Å²) in [7, 11) is 1.40. The zero-order chi connectivity index (χ0) is 10.1. The molecule has 1 aliphatic rings. The van der Waals surface area contributed by atoms with Crippen molar-refractivity contribution in [2.45, 2.75) is 37.4 Å². The Morgan fingerprint density at radius 1 is 1.46 bits per heavy atom. The Morgan fingerprint density at radius 3 is 2.31 bits per heavy atom. The van der Waals surface area contributed by atoms with E-state index in [9.17, 15) is 10.2 Å². The molecule has 2 unspecified atom stereocenters. The monoisotopic (exact) mass is 192 g/mol. The van der Waals surface area contributed by atoms with Gasteiger partial charge in [-0.25, -0.2) is 0 Å². The van der Waals surface area contributed by atoms with Crippen LogP contribution in [0, 0.1) is 0 Å². The van der Waals surface area contributed by atoms with Crippen LogP contribution in [0.2, 0.25) is 0 Å². The maximum absolute atomic E-state index is 9.60. The van der Waals surface area contributed by atoms with Crippen molar-refractivity contribution in [2.24, 2.45) is 0 Å². The van der Waals surface area contributed by atoms with Gasteiger partial charge in [0, 0.05) is 13.5 Å². The van der Waals surface area contributed by atoms with Gasteiger partial charge in [-0.15, -0.1) is 0 Å². The second-order valence-corrected chi connectivity index (χ2v) is 3.14. The molecular weight excluding hydrogens is 176 g/mol. The Labute approximate surface area is 76.9 Å². The van der Waals surface area contributed by atoms with Crippen LogP contribution in [0.4, 0.5) is 0 Å². The van der Waals surface area contributed by atoms with Gasteiger partial charge >= 0.3 is 0 Å². The minimum atomic E-state index is -1.17. The van der Waals surface area contributed by atoms with Crippen molar-refractivity contribution in [3.05, 3.63) is 0 Å². The summed E-state index contributed by atoms with van der Waals surface area (Å²) in [5, 5.41) is 27.9. The van der Waals surface area contributed by atoms with Gasteiger partial charge in [-0.3, -0.25) is 0 Å². The van der Waals surface area contributed by atoms with Gasteiger partial charge in [-0.2, -0.15) is 0 Å². The van der Waals surface area contributed by atoms with Gasteiger partial charge in [0.1, 0.15) is 18.3 Å². The molecular formula is C8H16O5. The van der Waals surface area contributed by atoms with E-state index in [4.69, 9.17) is 14.6 Å². The van der Waals surface area contributed by atoms with E-state index in [-0.39, 0.29) is 6.61 Å². The maximum Gasteiger partial charge on any atom is 0.197 e. The van der Waals surface area contributed by atoms with Crippen molar-refractivity contribution in [1.29, 1.82) is 0 Å². The van der Waals surface area contributed by atoms with Crippen LogP contribution in [-0.4, -0.2) is 53.1 Å². The summed E-state index contributed by atoms with van der Waals surface area (Å²) >= 11 is 0. The van der Waals surface area contributed by atoms with Crippen molar-refractivity contribution >= 4 is 0 Å². The highest BCUT2D eigenvalue weighted by molar-refractivity contribution is 4.95. The number of ether oxygens (including phenoxy) is 2. The second kappa shape index (κ2) is 3.89. The van der Waals surface area contributed by atoms with Gasteiger partial charge in [0.15, 0.2) is 5.79 Å². The van der Waals surface area contributed by atoms with Crippen LogP contribution in [0.15, 0.2) is 0 Å². The molecule has 0 spiro atoms. The summed E-state index contributed by atoms with van der Waals surface area (Å²) < 4.78 is 10.3. The van der Waals surface area contributed by atoms with Crippen LogP contribution in [0.1, 0.15) is 13.3 Å². The first-order valence-electron chi connectivity index (χ1n) is 4.31. The molecule has 5 heteroatoms. The predicted octanol–water partition coefficient (Wildman–Crippen LogP) is -1.15. The molecule has 78 valence electrons. The average Bonchev–Trinajstić information content (AvgIpc) is 2.42. The lowest BCUT2D eigenvalue weighted by molar-refractivity contribution is -0.248. The molecule has 0 amide bonds.